The molecule has 0 saturated carbocycles. The van der Waals surface area contributed by atoms with Crippen LogP contribution in [0.2, 0.25) is 0 Å². The molecule has 0 aliphatic rings. The van der Waals surface area contributed by atoms with Gasteiger partial charge in [0, 0.05) is 18.2 Å². The summed E-state index contributed by atoms with van der Waals surface area (Å²) in [6.07, 6.45) is 40.3. The summed E-state index contributed by atoms with van der Waals surface area (Å²) in [5.74, 6) is 2.68. The molecule has 1 aromatic rings. The van der Waals surface area contributed by atoms with E-state index in [0.29, 0.717) is 0 Å². The molecule has 0 saturated heterocycles. The maximum Gasteiger partial charge on any atom is 0.126 e. The number of ether oxygens (including phenoxy) is 3. The van der Waals surface area contributed by atoms with Gasteiger partial charge < -0.3 is 14.2 Å². The smallest absolute Gasteiger partial charge is 0.126 e. The average molecular weight is 631 g/mol. The molecule has 0 fully saturated rings. The summed E-state index contributed by atoms with van der Waals surface area (Å²) in [7, 11) is 0. The highest BCUT2D eigenvalue weighted by Gasteiger charge is 2.06. The number of benzene rings is 1. The lowest BCUT2D eigenvalue weighted by molar-refractivity contribution is 0.275. The molecule has 264 valence electrons. The Morgan fingerprint density at radius 2 is 0.444 bits per heavy atom. The summed E-state index contributed by atoms with van der Waals surface area (Å²) < 4.78 is 18.6. The van der Waals surface area contributed by atoms with Crippen LogP contribution in [0.15, 0.2) is 18.2 Å². The summed E-state index contributed by atoms with van der Waals surface area (Å²) >= 11 is 0. The molecular weight excluding hydrogens is 552 g/mol. The van der Waals surface area contributed by atoms with Crippen LogP contribution in [0.25, 0.3) is 0 Å². The van der Waals surface area contributed by atoms with E-state index in [0.717, 1.165) is 56.3 Å². The highest BCUT2D eigenvalue weighted by molar-refractivity contribution is 5.42. The van der Waals surface area contributed by atoms with Gasteiger partial charge in [0.25, 0.3) is 0 Å². The molecule has 0 atom stereocenters. The van der Waals surface area contributed by atoms with E-state index in [9.17, 15) is 0 Å². The highest BCUT2D eigenvalue weighted by Crippen LogP contribution is 2.29. The number of unbranched alkanes of at least 4 members (excludes halogenated alkanes) is 27. The minimum atomic E-state index is 0.774. The van der Waals surface area contributed by atoms with Gasteiger partial charge >= 0.3 is 0 Å². The summed E-state index contributed by atoms with van der Waals surface area (Å²) in [6.45, 7) is 9.19. The van der Waals surface area contributed by atoms with Gasteiger partial charge in [0.2, 0.25) is 0 Å². The molecule has 0 heterocycles. The van der Waals surface area contributed by atoms with E-state index < -0.39 is 0 Å². The van der Waals surface area contributed by atoms with Crippen LogP contribution in [-0.4, -0.2) is 19.8 Å². The van der Waals surface area contributed by atoms with Gasteiger partial charge in [0.05, 0.1) is 19.8 Å². The first-order valence-electron chi connectivity index (χ1n) is 20.3. The monoisotopic (exact) mass is 631 g/mol. The molecule has 3 nitrogen and oxygen atoms in total. The molecular formula is C42H78O3. The fourth-order valence-electron chi connectivity index (χ4n) is 6.13. The molecule has 0 unspecified atom stereocenters. The molecule has 0 radical (unpaired) electrons. The van der Waals surface area contributed by atoms with Gasteiger partial charge in [-0.1, -0.05) is 194 Å². The molecule has 1 rings (SSSR count). The van der Waals surface area contributed by atoms with Crippen molar-refractivity contribution in [2.24, 2.45) is 0 Å². The highest BCUT2D eigenvalue weighted by atomic mass is 16.5. The molecule has 3 heteroatoms. The van der Waals surface area contributed by atoms with E-state index in [1.54, 1.807) is 0 Å². The predicted octanol–water partition coefficient (Wildman–Crippen LogP) is 14.6. The Balaban J connectivity index is 2.33. The van der Waals surface area contributed by atoms with Gasteiger partial charge in [-0.05, 0) is 19.3 Å². The normalized spacial score (nSPS) is 11.3. The zero-order chi connectivity index (χ0) is 32.3. The van der Waals surface area contributed by atoms with Crippen LogP contribution in [0.1, 0.15) is 213 Å². The topological polar surface area (TPSA) is 27.7 Å². The van der Waals surface area contributed by atoms with Crippen molar-refractivity contribution in [3.63, 3.8) is 0 Å². The Morgan fingerprint density at radius 3 is 0.644 bits per heavy atom. The fourth-order valence-corrected chi connectivity index (χ4v) is 6.13. The molecule has 0 spiro atoms. The lowest BCUT2D eigenvalue weighted by Gasteiger charge is -2.13. The predicted molar refractivity (Wildman–Crippen MR) is 198 cm³/mol. The minimum absolute atomic E-state index is 0.774. The maximum absolute atomic E-state index is 6.21. The van der Waals surface area contributed by atoms with Gasteiger partial charge in [0.1, 0.15) is 17.2 Å². The Hall–Kier alpha value is -1.38. The SMILES string of the molecule is CCCCCCCCCCCCOc1cc(OCCCCCCCCCCCC)cc(OCCCCCCCCCCCC)c1. The van der Waals surface area contributed by atoms with Crippen LogP contribution in [0.3, 0.4) is 0 Å². The minimum Gasteiger partial charge on any atom is -0.493 e. The standard InChI is InChI=1S/C42H78O3/c1-4-7-10-13-16-19-22-25-28-31-34-43-40-37-41(44-35-32-29-26-23-20-17-14-11-8-5-2)39-42(38-40)45-36-33-30-27-24-21-18-15-12-9-6-3/h37-39H,4-36H2,1-3H3. The third-order valence-electron chi connectivity index (χ3n) is 9.15. The lowest BCUT2D eigenvalue weighted by atomic mass is 10.1. The summed E-state index contributed by atoms with van der Waals surface area (Å²) in [5, 5.41) is 0. The van der Waals surface area contributed by atoms with Crippen LogP contribution in [0.5, 0.6) is 17.2 Å². The molecule has 0 N–H and O–H groups in total. The van der Waals surface area contributed by atoms with Crippen LogP contribution < -0.4 is 14.2 Å². The Bertz CT molecular complexity index is 610. The second-order valence-electron chi connectivity index (χ2n) is 13.7. The second-order valence-corrected chi connectivity index (χ2v) is 13.7. The molecule has 45 heavy (non-hydrogen) atoms. The zero-order valence-electron chi connectivity index (χ0n) is 30.8. The van der Waals surface area contributed by atoms with Crippen LogP contribution >= 0.6 is 0 Å². The fraction of sp³-hybridized carbons (Fsp3) is 0.857. The van der Waals surface area contributed by atoms with E-state index in [-0.39, 0.29) is 0 Å². The van der Waals surface area contributed by atoms with E-state index in [2.05, 4.69) is 39.0 Å². The molecule has 0 amide bonds. The van der Waals surface area contributed by atoms with Crippen LogP contribution in [0.4, 0.5) is 0 Å². The zero-order valence-corrected chi connectivity index (χ0v) is 30.8. The van der Waals surface area contributed by atoms with Crippen molar-refractivity contribution in [2.75, 3.05) is 19.8 Å². The third-order valence-corrected chi connectivity index (χ3v) is 9.15. The van der Waals surface area contributed by atoms with Gasteiger partial charge in [-0.15, -0.1) is 0 Å². The van der Waals surface area contributed by atoms with E-state index in [4.69, 9.17) is 14.2 Å². The van der Waals surface area contributed by atoms with Crippen LogP contribution in [-0.2, 0) is 0 Å². The number of hydrogen-bond acceptors (Lipinski definition) is 3. The van der Waals surface area contributed by atoms with Crippen molar-refractivity contribution >= 4 is 0 Å². The first kappa shape index (κ1) is 41.6. The van der Waals surface area contributed by atoms with E-state index >= 15 is 0 Å². The van der Waals surface area contributed by atoms with Crippen molar-refractivity contribution in [3.05, 3.63) is 18.2 Å². The Morgan fingerprint density at radius 1 is 0.267 bits per heavy atom. The van der Waals surface area contributed by atoms with Crippen molar-refractivity contribution in [3.8, 4) is 17.2 Å². The van der Waals surface area contributed by atoms with Gasteiger partial charge in [-0.25, -0.2) is 0 Å². The Labute approximate surface area is 282 Å². The number of rotatable bonds is 36. The Kier molecular flexibility index (Phi) is 31.4. The van der Waals surface area contributed by atoms with Crippen molar-refractivity contribution in [1.29, 1.82) is 0 Å². The van der Waals surface area contributed by atoms with Crippen molar-refractivity contribution < 1.29 is 14.2 Å². The van der Waals surface area contributed by atoms with Gasteiger partial charge in [-0.2, -0.15) is 0 Å². The summed E-state index contributed by atoms with van der Waals surface area (Å²) in [5.41, 5.74) is 0. The van der Waals surface area contributed by atoms with E-state index in [1.165, 1.54) is 173 Å². The van der Waals surface area contributed by atoms with E-state index in [1.807, 2.05) is 0 Å². The average Bonchev–Trinajstić information content (AvgIpc) is 3.05. The van der Waals surface area contributed by atoms with Gasteiger partial charge in [0.15, 0.2) is 0 Å². The second kappa shape index (κ2) is 34.0. The molecule has 0 bridgehead atoms. The number of hydrogen-bond donors (Lipinski definition) is 0. The largest absolute Gasteiger partial charge is 0.493 e. The molecule has 0 aliphatic carbocycles. The van der Waals surface area contributed by atoms with Crippen molar-refractivity contribution in [2.45, 2.75) is 213 Å². The van der Waals surface area contributed by atoms with Gasteiger partial charge in [-0.3, -0.25) is 0 Å². The maximum atomic E-state index is 6.21. The van der Waals surface area contributed by atoms with Crippen molar-refractivity contribution in [1.82, 2.24) is 0 Å². The summed E-state index contributed by atoms with van der Waals surface area (Å²) in [4.78, 5) is 0. The summed E-state index contributed by atoms with van der Waals surface area (Å²) in [6, 6.07) is 6.21. The van der Waals surface area contributed by atoms with Crippen LogP contribution in [0, 0.1) is 0 Å². The quantitative estimate of drug-likeness (QED) is 0.0690. The lowest BCUT2D eigenvalue weighted by Crippen LogP contribution is -2.02. The third kappa shape index (κ3) is 28.6. The first-order valence-corrected chi connectivity index (χ1v) is 20.3. The molecule has 0 aromatic heterocycles. The molecule has 0 aliphatic heterocycles. The molecule has 1 aromatic carbocycles. The first-order chi connectivity index (χ1) is 22.3.